The fourth-order valence-electron chi connectivity index (χ4n) is 2.07. The number of aryl methyl sites for hydroxylation is 2. The summed E-state index contributed by atoms with van der Waals surface area (Å²) < 4.78 is 12.7. The SMILES string of the molecule is CCOc1cc(NCc2cn(C)nc2C)ccc1OC. The Morgan fingerprint density at radius 1 is 1.30 bits per heavy atom. The van der Waals surface area contributed by atoms with Gasteiger partial charge in [0.05, 0.1) is 19.4 Å². The second-order valence-corrected chi connectivity index (χ2v) is 4.57. The first kappa shape index (κ1) is 14.2. The van der Waals surface area contributed by atoms with E-state index in [1.165, 1.54) is 5.56 Å². The number of rotatable bonds is 6. The van der Waals surface area contributed by atoms with Crippen molar-refractivity contribution >= 4 is 5.69 Å². The average Bonchev–Trinajstić information content (AvgIpc) is 2.75. The number of nitrogens with one attached hydrogen (secondary N) is 1. The molecule has 1 heterocycles. The molecule has 1 aromatic carbocycles. The molecule has 0 saturated heterocycles. The third kappa shape index (κ3) is 3.23. The van der Waals surface area contributed by atoms with Gasteiger partial charge < -0.3 is 14.8 Å². The Hall–Kier alpha value is -2.17. The number of nitrogens with zero attached hydrogens (tertiary/aromatic N) is 2. The summed E-state index contributed by atoms with van der Waals surface area (Å²) in [6.07, 6.45) is 2.02. The molecule has 20 heavy (non-hydrogen) atoms. The van der Waals surface area contributed by atoms with Crippen LogP contribution >= 0.6 is 0 Å². The van der Waals surface area contributed by atoms with Gasteiger partial charge in [0.25, 0.3) is 0 Å². The van der Waals surface area contributed by atoms with E-state index in [2.05, 4.69) is 10.4 Å². The Labute approximate surface area is 119 Å². The van der Waals surface area contributed by atoms with Gasteiger partial charge in [-0.25, -0.2) is 0 Å². The molecule has 0 fully saturated rings. The van der Waals surface area contributed by atoms with Crippen LogP contribution in [0.3, 0.4) is 0 Å². The summed E-state index contributed by atoms with van der Waals surface area (Å²) in [5, 5.41) is 7.71. The maximum Gasteiger partial charge on any atom is 0.163 e. The summed E-state index contributed by atoms with van der Waals surface area (Å²) in [4.78, 5) is 0. The topological polar surface area (TPSA) is 48.3 Å². The van der Waals surface area contributed by atoms with Gasteiger partial charge in [0, 0.05) is 37.1 Å². The quantitative estimate of drug-likeness (QED) is 0.880. The minimum Gasteiger partial charge on any atom is -0.493 e. The van der Waals surface area contributed by atoms with Crippen LogP contribution in [0.1, 0.15) is 18.2 Å². The molecule has 0 saturated carbocycles. The molecule has 1 aromatic heterocycles. The van der Waals surface area contributed by atoms with Crippen LogP contribution in [0.2, 0.25) is 0 Å². The normalized spacial score (nSPS) is 10.4. The maximum absolute atomic E-state index is 5.57. The number of methoxy groups -OCH3 is 1. The molecule has 0 radical (unpaired) electrons. The van der Waals surface area contributed by atoms with Gasteiger partial charge in [-0.05, 0) is 26.0 Å². The first-order valence-corrected chi connectivity index (χ1v) is 6.68. The van der Waals surface area contributed by atoms with Gasteiger partial charge in [-0.3, -0.25) is 4.68 Å². The monoisotopic (exact) mass is 275 g/mol. The number of hydrogen-bond acceptors (Lipinski definition) is 4. The number of anilines is 1. The van der Waals surface area contributed by atoms with Gasteiger partial charge >= 0.3 is 0 Å². The van der Waals surface area contributed by atoms with E-state index in [0.29, 0.717) is 6.61 Å². The van der Waals surface area contributed by atoms with Crippen molar-refractivity contribution in [1.82, 2.24) is 9.78 Å². The molecule has 0 aliphatic carbocycles. The van der Waals surface area contributed by atoms with Crippen molar-refractivity contribution in [3.05, 3.63) is 35.7 Å². The summed E-state index contributed by atoms with van der Waals surface area (Å²) in [7, 11) is 3.57. The lowest BCUT2D eigenvalue weighted by Crippen LogP contribution is -2.01. The Morgan fingerprint density at radius 2 is 2.10 bits per heavy atom. The highest BCUT2D eigenvalue weighted by atomic mass is 16.5. The van der Waals surface area contributed by atoms with Crippen LogP contribution in [0.25, 0.3) is 0 Å². The minimum atomic E-state index is 0.613. The number of aromatic nitrogens is 2. The highest BCUT2D eigenvalue weighted by molar-refractivity contribution is 5.55. The minimum absolute atomic E-state index is 0.613. The van der Waals surface area contributed by atoms with Crippen molar-refractivity contribution in [3.8, 4) is 11.5 Å². The van der Waals surface area contributed by atoms with E-state index in [1.54, 1.807) is 7.11 Å². The van der Waals surface area contributed by atoms with Crippen molar-refractivity contribution in [2.45, 2.75) is 20.4 Å². The van der Waals surface area contributed by atoms with E-state index in [0.717, 1.165) is 29.4 Å². The fraction of sp³-hybridized carbons (Fsp3) is 0.400. The van der Waals surface area contributed by atoms with E-state index in [4.69, 9.17) is 9.47 Å². The summed E-state index contributed by atoms with van der Waals surface area (Å²) in [5.74, 6) is 1.50. The second kappa shape index (κ2) is 6.32. The van der Waals surface area contributed by atoms with E-state index in [-0.39, 0.29) is 0 Å². The summed E-state index contributed by atoms with van der Waals surface area (Å²) in [5.41, 5.74) is 3.22. The van der Waals surface area contributed by atoms with Crippen molar-refractivity contribution in [2.75, 3.05) is 19.0 Å². The molecule has 5 nitrogen and oxygen atoms in total. The molecule has 2 aromatic rings. The largest absolute Gasteiger partial charge is 0.493 e. The van der Waals surface area contributed by atoms with Crippen LogP contribution < -0.4 is 14.8 Å². The Kier molecular flexibility index (Phi) is 4.50. The molecule has 0 bridgehead atoms. The van der Waals surface area contributed by atoms with Crippen LogP contribution in [-0.4, -0.2) is 23.5 Å². The lowest BCUT2D eigenvalue weighted by molar-refractivity contribution is 0.311. The lowest BCUT2D eigenvalue weighted by Gasteiger charge is -2.12. The standard InChI is InChI=1S/C15H21N3O2/c1-5-20-15-8-13(6-7-14(15)19-4)16-9-12-10-18(3)17-11(12)2/h6-8,10,16H,5,9H2,1-4H3. The third-order valence-corrected chi connectivity index (χ3v) is 3.06. The highest BCUT2D eigenvalue weighted by Gasteiger charge is 2.07. The second-order valence-electron chi connectivity index (χ2n) is 4.57. The zero-order valence-corrected chi connectivity index (χ0v) is 12.4. The fourth-order valence-corrected chi connectivity index (χ4v) is 2.07. The maximum atomic E-state index is 5.57. The van der Waals surface area contributed by atoms with Gasteiger partial charge in [0.1, 0.15) is 0 Å². The van der Waals surface area contributed by atoms with Crippen LogP contribution in [-0.2, 0) is 13.6 Å². The molecule has 2 rings (SSSR count). The highest BCUT2D eigenvalue weighted by Crippen LogP contribution is 2.30. The zero-order valence-electron chi connectivity index (χ0n) is 12.4. The smallest absolute Gasteiger partial charge is 0.163 e. The molecule has 0 aliphatic heterocycles. The van der Waals surface area contributed by atoms with E-state index in [9.17, 15) is 0 Å². The average molecular weight is 275 g/mol. The first-order chi connectivity index (χ1) is 9.63. The molecular formula is C15H21N3O2. The van der Waals surface area contributed by atoms with E-state index < -0.39 is 0 Å². The lowest BCUT2D eigenvalue weighted by atomic mass is 10.2. The van der Waals surface area contributed by atoms with Gasteiger partial charge in [-0.1, -0.05) is 0 Å². The number of benzene rings is 1. The van der Waals surface area contributed by atoms with E-state index in [1.807, 2.05) is 50.0 Å². The van der Waals surface area contributed by atoms with Crippen LogP contribution in [0.4, 0.5) is 5.69 Å². The molecule has 108 valence electrons. The van der Waals surface area contributed by atoms with Crippen molar-refractivity contribution in [3.63, 3.8) is 0 Å². The van der Waals surface area contributed by atoms with Crippen molar-refractivity contribution in [2.24, 2.45) is 7.05 Å². The van der Waals surface area contributed by atoms with Gasteiger partial charge in [-0.2, -0.15) is 5.10 Å². The zero-order chi connectivity index (χ0) is 14.5. The van der Waals surface area contributed by atoms with Crippen LogP contribution in [0.15, 0.2) is 24.4 Å². The van der Waals surface area contributed by atoms with Crippen LogP contribution in [0, 0.1) is 6.92 Å². The number of ether oxygens (including phenoxy) is 2. The predicted molar refractivity (Wildman–Crippen MR) is 79.4 cm³/mol. The van der Waals surface area contributed by atoms with E-state index >= 15 is 0 Å². The Balaban J connectivity index is 2.09. The summed E-state index contributed by atoms with van der Waals surface area (Å²) in [6, 6.07) is 5.84. The molecule has 0 amide bonds. The Bertz CT molecular complexity index is 578. The Morgan fingerprint density at radius 3 is 2.70 bits per heavy atom. The summed E-state index contributed by atoms with van der Waals surface area (Å²) >= 11 is 0. The van der Waals surface area contributed by atoms with Crippen molar-refractivity contribution < 1.29 is 9.47 Å². The van der Waals surface area contributed by atoms with Gasteiger partial charge in [0.2, 0.25) is 0 Å². The van der Waals surface area contributed by atoms with Gasteiger partial charge in [-0.15, -0.1) is 0 Å². The van der Waals surface area contributed by atoms with Crippen molar-refractivity contribution in [1.29, 1.82) is 0 Å². The molecule has 5 heteroatoms. The van der Waals surface area contributed by atoms with Gasteiger partial charge in [0.15, 0.2) is 11.5 Å². The molecular weight excluding hydrogens is 254 g/mol. The molecule has 1 N–H and O–H groups in total. The first-order valence-electron chi connectivity index (χ1n) is 6.68. The van der Waals surface area contributed by atoms with Crippen LogP contribution in [0.5, 0.6) is 11.5 Å². The molecule has 0 unspecified atom stereocenters. The third-order valence-electron chi connectivity index (χ3n) is 3.06. The number of hydrogen-bond donors (Lipinski definition) is 1. The summed E-state index contributed by atoms with van der Waals surface area (Å²) in [6.45, 7) is 5.31. The molecule has 0 aliphatic rings. The molecule has 0 atom stereocenters. The molecule has 0 spiro atoms. The predicted octanol–water partition coefficient (Wildman–Crippen LogP) is 2.75.